The van der Waals surface area contributed by atoms with Gasteiger partial charge in [0.1, 0.15) is 18.5 Å². The summed E-state index contributed by atoms with van der Waals surface area (Å²) in [5.74, 6) is 0.838. The molecule has 0 saturated carbocycles. The fourth-order valence-electron chi connectivity index (χ4n) is 1.70. The molecule has 1 aromatic rings. The van der Waals surface area contributed by atoms with Gasteiger partial charge in [-0.25, -0.2) is 0 Å². The molecule has 0 aliphatic carbocycles. The van der Waals surface area contributed by atoms with Crippen LogP contribution in [0.4, 0.5) is 0 Å². The highest BCUT2D eigenvalue weighted by Crippen LogP contribution is 2.14. The molecule has 0 bridgehead atoms. The molecule has 0 aliphatic heterocycles. The highest BCUT2D eigenvalue weighted by molar-refractivity contribution is 5.28. The predicted molar refractivity (Wildman–Crippen MR) is 75.1 cm³/mol. The summed E-state index contributed by atoms with van der Waals surface area (Å²) in [6, 6.07) is 8.47. The summed E-state index contributed by atoms with van der Waals surface area (Å²) in [6.45, 7) is 7.17. The zero-order chi connectivity index (χ0) is 13.4. The van der Waals surface area contributed by atoms with Crippen molar-refractivity contribution in [1.29, 1.82) is 0 Å². The SMILES string of the molecule is CCCc1cccc(OCC(O)CNC(C)C)c1. The Balaban J connectivity index is 2.35. The molecule has 0 fully saturated rings. The van der Waals surface area contributed by atoms with Gasteiger partial charge < -0.3 is 15.2 Å². The van der Waals surface area contributed by atoms with E-state index in [4.69, 9.17) is 4.74 Å². The van der Waals surface area contributed by atoms with E-state index in [0.717, 1.165) is 18.6 Å². The molecule has 0 heterocycles. The highest BCUT2D eigenvalue weighted by Gasteiger charge is 2.06. The lowest BCUT2D eigenvalue weighted by molar-refractivity contribution is 0.104. The molecular formula is C15H25NO2. The van der Waals surface area contributed by atoms with Crippen LogP contribution in [-0.2, 0) is 6.42 Å². The van der Waals surface area contributed by atoms with Crippen LogP contribution in [0, 0.1) is 0 Å². The van der Waals surface area contributed by atoms with Crippen LogP contribution in [-0.4, -0.2) is 30.4 Å². The molecule has 0 amide bonds. The van der Waals surface area contributed by atoms with Gasteiger partial charge >= 0.3 is 0 Å². The van der Waals surface area contributed by atoms with Gasteiger partial charge in [0, 0.05) is 12.6 Å². The van der Waals surface area contributed by atoms with Gasteiger partial charge in [-0.3, -0.25) is 0 Å². The maximum Gasteiger partial charge on any atom is 0.119 e. The molecule has 0 aromatic heterocycles. The van der Waals surface area contributed by atoms with E-state index in [1.165, 1.54) is 5.56 Å². The van der Waals surface area contributed by atoms with Crippen LogP contribution in [0.2, 0.25) is 0 Å². The van der Waals surface area contributed by atoms with Gasteiger partial charge in [-0.2, -0.15) is 0 Å². The van der Waals surface area contributed by atoms with Crippen molar-refractivity contribution in [3.05, 3.63) is 29.8 Å². The van der Waals surface area contributed by atoms with Crippen LogP contribution in [0.15, 0.2) is 24.3 Å². The smallest absolute Gasteiger partial charge is 0.119 e. The second-order valence-corrected chi connectivity index (χ2v) is 4.93. The number of hydrogen-bond acceptors (Lipinski definition) is 3. The number of ether oxygens (including phenoxy) is 1. The van der Waals surface area contributed by atoms with E-state index >= 15 is 0 Å². The van der Waals surface area contributed by atoms with E-state index < -0.39 is 6.10 Å². The van der Waals surface area contributed by atoms with Crippen LogP contribution < -0.4 is 10.1 Å². The average Bonchev–Trinajstić information content (AvgIpc) is 2.35. The molecule has 0 saturated heterocycles. The molecule has 0 spiro atoms. The molecule has 0 aliphatic rings. The Morgan fingerprint density at radius 1 is 1.33 bits per heavy atom. The summed E-state index contributed by atoms with van der Waals surface area (Å²) in [6.07, 6.45) is 1.72. The highest BCUT2D eigenvalue weighted by atomic mass is 16.5. The second kappa shape index (κ2) is 8.11. The monoisotopic (exact) mass is 251 g/mol. The third kappa shape index (κ3) is 6.03. The topological polar surface area (TPSA) is 41.5 Å². The van der Waals surface area contributed by atoms with Crippen molar-refractivity contribution in [2.75, 3.05) is 13.2 Å². The summed E-state index contributed by atoms with van der Waals surface area (Å²) in [5, 5.41) is 12.9. The van der Waals surface area contributed by atoms with Gasteiger partial charge in [-0.15, -0.1) is 0 Å². The van der Waals surface area contributed by atoms with E-state index in [1.807, 2.05) is 18.2 Å². The first kappa shape index (κ1) is 15.0. The molecule has 1 rings (SSSR count). The first-order valence-electron chi connectivity index (χ1n) is 6.75. The zero-order valence-corrected chi connectivity index (χ0v) is 11.6. The average molecular weight is 251 g/mol. The van der Waals surface area contributed by atoms with Crippen molar-refractivity contribution in [1.82, 2.24) is 5.32 Å². The molecule has 2 N–H and O–H groups in total. The molecular weight excluding hydrogens is 226 g/mol. The summed E-state index contributed by atoms with van der Waals surface area (Å²) >= 11 is 0. The number of aliphatic hydroxyl groups excluding tert-OH is 1. The third-order valence-electron chi connectivity index (χ3n) is 2.64. The lowest BCUT2D eigenvalue weighted by Gasteiger charge is -2.15. The van der Waals surface area contributed by atoms with Gasteiger partial charge in [0.05, 0.1) is 0 Å². The van der Waals surface area contributed by atoms with Gasteiger partial charge in [0.2, 0.25) is 0 Å². The number of benzene rings is 1. The first-order valence-corrected chi connectivity index (χ1v) is 6.75. The fraction of sp³-hybridized carbons (Fsp3) is 0.600. The minimum atomic E-state index is -0.470. The Morgan fingerprint density at radius 3 is 2.78 bits per heavy atom. The Bertz CT molecular complexity index is 339. The third-order valence-corrected chi connectivity index (χ3v) is 2.64. The fourth-order valence-corrected chi connectivity index (χ4v) is 1.70. The van der Waals surface area contributed by atoms with Crippen LogP contribution in [0.1, 0.15) is 32.8 Å². The molecule has 18 heavy (non-hydrogen) atoms. The van der Waals surface area contributed by atoms with E-state index in [1.54, 1.807) is 0 Å². The molecule has 1 aromatic carbocycles. The summed E-state index contributed by atoms with van der Waals surface area (Å²) < 4.78 is 5.60. The van der Waals surface area contributed by atoms with Crippen molar-refractivity contribution in [2.45, 2.75) is 45.8 Å². The largest absolute Gasteiger partial charge is 0.491 e. The van der Waals surface area contributed by atoms with Crippen molar-refractivity contribution in [3.63, 3.8) is 0 Å². The van der Waals surface area contributed by atoms with Crippen molar-refractivity contribution < 1.29 is 9.84 Å². The van der Waals surface area contributed by atoms with Gasteiger partial charge in [0.25, 0.3) is 0 Å². The number of aryl methyl sites for hydroxylation is 1. The number of rotatable bonds is 8. The Morgan fingerprint density at radius 2 is 2.11 bits per heavy atom. The Labute approximate surface area is 110 Å². The van der Waals surface area contributed by atoms with E-state index in [0.29, 0.717) is 19.2 Å². The Kier molecular flexibility index (Phi) is 6.76. The summed E-state index contributed by atoms with van der Waals surface area (Å²) in [5.41, 5.74) is 1.28. The number of hydrogen-bond donors (Lipinski definition) is 2. The summed E-state index contributed by atoms with van der Waals surface area (Å²) in [7, 11) is 0. The maximum atomic E-state index is 9.74. The maximum absolute atomic E-state index is 9.74. The molecule has 3 nitrogen and oxygen atoms in total. The first-order chi connectivity index (χ1) is 8.61. The van der Waals surface area contributed by atoms with Gasteiger partial charge in [0.15, 0.2) is 0 Å². The van der Waals surface area contributed by atoms with E-state index in [9.17, 15) is 5.11 Å². The van der Waals surface area contributed by atoms with E-state index in [-0.39, 0.29) is 0 Å². The molecule has 3 heteroatoms. The van der Waals surface area contributed by atoms with Crippen molar-refractivity contribution >= 4 is 0 Å². The van der Waals surface area contributed by atoms with Crippen LogP contribution in [0.25, 0.3) is 0 Å². The molecule has 1 atom stereocenters. The Hall–Kier alpha value is -1.06. The minimum Gasteiger partial charge on any atom is -0.491 e. The van der Waals surface area contributed by atoms with Crippen molar-refractivity contribution in [3.8, 4) is 5.75 Å². The van der Waals surface area contributed by atoms with Gasteiger partial charge in [-0.1, -0.05) is 39.3 Å². The number of aliphatic hydroxyl groups is 1. The lowest BCUT2D eigenvalue weighted by Crippen LogP contribution is -2.35. The molecule has 102 valence electrons. The zero-order valence-electron chi connectivity index (χ0n) is 11.6. The van der Waals surface area contributed by atoms with Crippen LogP contribution in [0.5, 0.6) is 5.75 Å². The second-order valence-electron chi connectivity index (χ2n) is 4.93. The predicted octanol–water partition coefficient (Wildman–Crippen LogP) is 2.38. The molecule has 0 radical (unpaired) electrons. The number of nitrogens with one attached hydrogen (secondary N) is 1. The standard InChI is InChI=1S/C15H25NO2/c1-4-6-13-7-5-8-15(9-13)18-11-14(17)10-16-12(2)3/h5,7-9,12,14,16-17H,4,6,10-11H2,1-3H3. The molecule has 1 unspecified atom stereocenters. The summed E-state index contributed by atoms with van der Waals surface area (Å²) in [4.78, 5) is 0. The normalized spacial score (nSPS) is 12.7. The van der Waals surface area contributed by atoms with Crippen molar-refractivity contribution in [2.24, 2.45) is 0 Å². The van der Waals surface area contributed by atoms with Gasteiger partial charge in [-0.05, 0) is 24.1 Å². The minimum absolute atomic E-state index is 0.329. The van der Waals surface area contributed by atoms with Crippen LogP contribution in [0.3, 0.4) is 0 Å². The van der Waals surface area contributed by atoms with Crippen LogP contribution >= 0.6 is 0 Å². The quantitative estimate of drug-likeness (QED) is 0.745. The lowest BCUT2D eigenvalue weighted by atomic mass is 10.1. The van der Waals surface area contributed by atoms with E-state index in [2.05, 4.69) is 32.2 Å².